The minimum absolute atomic E-state index is 0.231. The van der Waals surface area contributed by atoms with Gasteiger partial charge >= 0.3 is 0 Å². The minimum Gasteiger partial charge on any atom is -0.337 e. The van der Waals surface area contributed by atoms with Crippen molar-refractivity contribution in [2.75, 3.05) is 19.6 Å². The van der Waals surface area contributed by atoms with Gasteiger partial charge in [0.05, 0.1) is 12.5 Å². The van der Waals surface area contributed by atoms with E-state index in [0.29, 0.717) is 12.5 Å². The van der Waals surface area contributed by atoms with Crippen LogP contribution in [0.2, 0.25) is 0 Å². The Balaban J connectivity index is 1.76. The minimum atomic E-state index is 0.231. The van der Waals surface area contributed by atoms with Crippen molar-refractivity contribution >= 4 is 16.7 Å². The molecule has 3 heteroatoms. The summed E-state index contributed by atoms with van der Waals surface area (Å²) in [6, 6.07) is 14.9. The van der Waals surface area contributed by atoms with E-state index in [4.69, 9.17) is 0 Å². The Morgan fingerprint density at radius 2 is 1.95 bits per heavy atom. The van der Waals surface area contributed by atoms with Crippen LogP contribution in [0.4, 0.5) is 0 Å². The number of rotatable bonds is 4. The normalized spacial score (nSPS) is 15.1. The first-order chi connectivity index (χ1) is 9.78. The second-order valence-electron chi connectivity index (χ2n) is 5.35. The predicted octanol–water partition coefficient (Wildman–Crippen LogP) is 2.20. The van der Waals surface area contributed by atoms with Gasteiger partial charge in [0.25, 0.3) is 0 Å². The van der Waals surface area contributed by atoms with E-state index in [1.807, 2.05) is 17.0 Å². The topological polar surface area (TPSA) is 32.3 Å². The average Bonchev–Trinajstić information content (AvgIpc) is 2.42. The SMILES string of the molecule is CCN(C(=O)Cc1ccc2ccccc2c1)C1CNC1. The van der Waals surface area contributed by atoms with Gasteiger partial charge in [-0.2, -0.15) is 0 Å². The lowest BCUT2D eigenvalue weighted by Crippen LogP contribution is -2.59. The van der Waals surface area contributed by atoms with Crippen LogP contribution in [0.15, 0.2) is 42.5 Å². The summed E-state index contributed by atoms with van der Waals surface area (Å²) in [5.41, 5.74) is 1.10. The highest BCUT2D eigenvalue weighted by molar-refractivity contribution is 5.85. The fraction of sp³-hybridized carbons (Fsp3) is 0.353. The summed E-state index contributed by atoms with van der Waals surface area (Å²) in [6.45, 7) is 4.70. The maximum atomic E-state index is 12.4. The Morgan fingerprint density at radius 3 is 2.60 bits per heavy atom. The largest absolute Gasteiger partial charge is 0.337 e. The highest BCUT2D eigenvalue weighted by Crippen LogP contribution is 2.17. The van der Waals surface area contributed by atoms with E-state index in [2.05, 4.69) is 42.6 Å². The standard InChI is InChI=1S/C17H20N2O/c1-2-19(16-11-18-12-16)17(20)10-13-7-8-14-5-3-4-6-15(14)9-13/h3-9,16,18H,2,10-12H2,1H3. The van der Waals surface area contributed by atoms with E-state index in [1.165, 1.54) is 10.8 Å². The van der Waals surface area contributed by atoms with Crippen LogP contribution in [0.25, 0.3) is 10.8 Å². The molecule has 1 fully saturated rings. The predicted molar refractivity (Wildman–Crippen MR) is 81.7 cm³/mol. The number of nitrogens with zero attached hydrogens (tertiary/aromatic N) is 1. The number of nitrogens with one attached hydrogen (secondary N) is 1. The number of hydrogen-bond acceptors (Lipinski definition) is 2. The number of carbonyl (C=O) groups is 1. The molecular weight excluding hydrogens is 248 g/mol. The van der Waals surface area contributed by atoms with Gasteiger partial charge in [-0.3, -0.25) is 4.79 Å². The molecule has 1 amide bonds. The van der Waals surface area contributed by atoms with Gasteiger partial charge < -0.3 is 10.2 Å². The average molecular weight is 268 g/mol. The molecule has 0 aromatic heterocycles. The molecule has 2 aromatic rings. The van der Waals surface area contributed by atoms with Crippen molar-refractivity contribution in [2.45, 2.75) is 19.4 Å². The van der Waals surface area contributed by atoms with Crippen LogP contribution in [0, 0.1) is 0 Å². The molecule has 1 aliphatic rings. The molecular formula is C17H20N2O. The van der Waals surface area contributed by atoms with Crippen LogP contribution in [0.5, 0.6) is 0 Å². The van der Waals surface area contributed by atoms with Crippen molar-refractivity contribution in [3.8, 4) is 0 Å². The number of fused-ring (bicyclic) bond motifs is 1. The number of likely N-dealkylation sites (N-methyl/N-ethyl adjacent to an activating group) is 1. The highest BCUT2D eigenvalue weighted by atomic mass is 16.2. The quantitative estimate of drug-likeness (QED) is 0.922. The summed E-state index contributed by atoms with van der Waals surface area (Å²) < 4.78 is 0. The summed E-state index contributed by atoms with van der Waals surface area (Å²) in [6.07, 6.45) is 0.495. The summed E-state index contributed by atoms with van der Waals surface area (Å²) >= 11 is 0. The monoisotopic (exact) mass is 268 g/mol. The van der Waals surface area contributed by atoms with Crippen LogP contribution >= 0.6 is 0 Å². The van der Waals surface area contributed by atoms with E-state index in [9.17, 15) is 4.79 Å². The first kappa shape index (κ1) is 13.1. The molecule has 3 rings (SSSR count). The first-order valence-electron chi connectivity index (χ1n) is 7.26. The smallest absolute Gasteiger partial charge is 0.227 e. The second kappa shape index (κ2) is 5.63. The van der Waals surface area contributed by atoms with Crippen LogP contribution in [-0.2, 0) is 11.2 Å². The summed E-state index contributed by atoms with van der Waals surface area (Å²) in [4.78, 5) is 14.4. The summed E-state index contributed by atoms with van der Waals surface area (Å²) in [7, 11) is 0. The zero-order chi connectivity index (χ0) is 13.9. The van der Waals surface area contributed by atoms with Crippen LogP contribution in [-0.4, -0.2) is 36.5 Å². The lowest BCUT2D eigenvalue weighted by atomic mass is 10.0. The molecule has 0 spiro atoms. The fourth-order valence-electron chi connectivity index (χ4n) is 2.76. The Hall–Kier alpha value is -1.87. The number of benzene rings is 2. The van der Waals surface area contributed by atoms with Crippen molar-refractivity contribution in [1.29, 1.82) is 0 Å². The Bertz CT molecular complexity index is 619. The third-order valence-corrected chi connectivity index (χ3v) is 4.03. The van der Waals surface area contributed by atoms with Gasteiger partial charge in [-0.25, -0.2) is 0 Å². The maximum absolute atomic E-state index is 12.4. The van der Waals surface area contributed by atoms with Crippen molar-refractivity contribution in [2.24, 2.45) is 0 Å². The van der Waals surface area contributed by atoms with Crippen molar-refractivity contribution < 1.29 is 4.79 Å². The van der Waals surface area contributed by atoms with Gasteiger partial charge in [-0.15, -0.1) is 0 Å². The Morgan fingerprint density at radius 1 is 1.20 bits per heavy atom. The molecule has 1 N–H and O–H groups in total. The van der Waals surface area contributed by atoms with E-state index in [1.54, 1.807) is 0 Å². The Labute approximate surface area is 119 Å². The molecule has 0 aliphatic carbocycles. The first-order valence-corrected chi connectivity index (χ1v) is 7.26. The van der Waals surface area contributed by atoms with Gasteiger partial charge in [-0.05, 0) is 23.3 Å². The molecule has 0 atom stereocenters. The third-order valence-electron chi connectivity index (χ3n) is 4.03. The number of hydrogen-bond donors (Lipinski definition) is 1. The molecule has 0 bridgehead atoms. The second-order valence-corrected chi connectivity index (χ2v) is 5.35. The molecule has 0 radical (unpaired) electrons. The van der Waals surface area contributed by atoms with E-state index < -0.39 is 0 Å². The van der Waals surface area contributed by atoms with E-state index in [-0.39, 0.29) is 5.91 Å². The van der Waals surface area contributed by atoms with Crippen LogP contribution in [0.3, 0.4) is 0 Å². The van der Waals surface area contributed by atoms with Crippen molar-refractivity contribution in [3.05, 3.63) is 48.0 Å². The van der Waals surface area contributed by atoms with Crippen molar-refractivity contribution in [1.82, 2.24) is 10.2 Å². The maximum Gasteiger partial charge on any atom is 0.227 e. The molecule has 1 saturated heterocycles. The third kappa shape index (κ3) is 2.54. The molecule has 3 nitrogen and oxygen atoms in total. The lowest BCUT2D eigenvalue weighted by molar-refractivity contribution is -0.133. The zero-order valence-corrected chi connectivity index (χ0v) is 11.8. The molecule has 1 aliphatic heterocycles. The van der Waals surface area contributed by atoms with E-state index >= 15 is 0 Å². The summed E-state index contributed by atoms with van der Waals surface area (Å²) in [5, 5.41) is 5.65. The molecule has 0 unspecified atom stereocenters. The number of amides is 1. The molecule has 1 heterocycles. The van der Waals surface area contributed by atoms with Gasteiger partial charge in [0.15, 0.2) is 0 Å². The van der Waals surface area contributed by atoms with Crippen LogP contribution in [0.1, 0.15) is 12.5 Å². The number of carbonyl (C=O) groups excluding carboxylic acids is 1. The van der Waals surface area contributed by atoms with Gasteiger partial charge in [-0.1, -0.05) is 42.5 Å². The van der Waals surface area contributed by atoms with Gasteiger partial charge in [0, 0.05) is 19.6 Å². The van der Waals surface area contributed by atoms with Crippen LogP contribution < -0.4 is 5.32 Å². The van der Waals surface area contributed by atoms with Gasteiger partial charge in [0.2, 0.25) is 5.91 Å². The molecule has 0 saturated carbocycles. The molecule has 104 valence electrons. The Kier molecular flexibility index (Phi) is 3.70. The highest BCUT2D eigenvalue weighted by Gasteiger charge is 2.26. The van der Waals surface area contributed by atoms with Gasteiger partial charge in [0.1, 0.15) is 0 Å². The molecule has 2 aromatic carbocycles. The summed E-state index contributed by atoms with van der Waals surface area (Å²) in [5.74, 6) is 0.231. The zero-order valence-electron chi connectivity index (χ0n) is 11.8. The fourth-order valence-corrected chi connectivity index (χ4v) is 2.76. The van der Waals surface area contributed by atoms with Crippen molar-refractivity contribution in [3.63, 3.8) is 0 Å². The molecule has 20 heavy (non-hydrogen) atoms. The van der Waals surface area contributed by atoms with E-state index in [0.717, 1.165) is 25.2 Å². The lowest BCUT2D eigenvalue weighted by Gasteiger charge is -2.37.